The highest BCUT2D eigenvalue weighted by Gasteiger charge is 2.25. The van der Waals surface area contributed by atoms with Gasteiger partial charge in [-0.25, -0.2) is 4.68 Å². The molecule has 2 N–H and O–H groups in total. The van der Waals surface area contributed by atoms with E-state index in [1.807, 2.05) is 27.7 Å². The van der Waals surface area contributed by atoms with Gasteiger partial charge < -0.3 is 28.8 Å². The Balaban J connectivity index is 0.00000560. The van der Waals surface area contributed by atoms with Crippen molar-refractivity contribution in [3.63, 3.8) is 0 Å². The molecule has 0 atom stereocenters. The first-order valence-electron chi connectivity index (χ1n) is 12.7. The number of ketones is 1. The zero-order valence-electron chi connectivity index (χ0n) is 24.1. The Kier molecular flexibility index (Phi) is 11.9. The predicted molar refractivity (Wildman–Crippen MR) is 150 cm³/mol. The summed E-state index contributed by atoms with van der Waals surface area (Å²) in [6.07, 6.45) is 0.0675. The molecule has 1 aromatic carbocycles. The number of fused-ring (bicyclic) bond motifs is 1. The van der Waals surface area contributed by atoms with E-state index in [1.54, 1.807) is 39.5 Å². The summed E-state index contributed by atoms with van der Waals surface area (Å²) in [5.41, 5.74) is 1.96. The molecular formula is C27H40ClN5O7. The largest absolute Gasteiger partial charge is 0.493 e. The summed E-state index contributed by atoms with van der Waals surface area (Å²) in [5, 5.41) is 26.7. The maximum Gasteiger partial charge on any atom is 0.242 e. The Morgan fingerprint density at radius 1 is 1.10 bits per heavy atom. The number of aryl methyl sites for hydroxylation is 1. The van der Waals surface area contributed by atoms with Crippen molar-refractivity contribution in [3.8, 4) is 17.4 Å². The highest BCUT2D eigenvalue weighted by atomic mass is 35.5. The Bertz CT molecular complexity index is 1340. The molecule has 40 heavy (non-hydrogen) atoms. The molecule has 222 valence electrons. The standard InChI is InChI=1S/C27H39N5O7.ClH/c1-17-11-23(39-19(15-35-5)16-36-6)29-32-25(17)30-31(26(32)28)14-21(34)18-12-20(27(2,3)4)24(37-7)22(13-18)38-10-8-9-33;/h11-13,19,28,33H,8-10,14-16H2,1-7H3;1H. The van der Waals surface area contributed by atoms with E-state index in [-0.39, 0.29) is 61.0 Å². The second-order valence-electron chi connectivity index (χ2n) is 10.2. The van der Waals surface area contributed by atoms with Crippen LogP contribution in [0.1, 0.15) is 48.7 Å². The smallest absolute Gasteiger partial charge is 0.242 e. The molecule has 0 saturated carbocycles. The molecule has 0 fully saturated rings. The molecule has 0 unspecified atom stereocenters. The number of aliphatic hydroxyl groups is 1. The Morgan fingerprint density at radius 2 is 1.77 bits per heavy atom. The van der Waals surface area contributed by atoms with Gasteiger partial charge in [-0.3, -0.25) is 10.2 Å². The molecule has 2 aromatic heterocycles. The minimum Gasteiger partial charge on any atom is -0.493 e. The third-order valence-corrected chi connectivity index (χ3v) is 5.99. The van der Waals surface area contributed by atoms with Crippen molar-refractivity contribution in [1.82, 2.24) is 19.4 Å². The van der Waals surface area contributed by atoms with Crippen molar-refractivity contribution in [2.45, 2.75) is 52.2 Å². The van der Waals surface area contributed by atoms with E-state index in [2.05, 4.69) is 10.2 Å². The summed E-state index contributed by atoms with van der Waals surface area (Å²) < 4.78 is 30.4. The number of halogens is 1. The fraction of sp³-hybridized carbons (Fsp3) is 0.556. The van der Waals surface area contributed by atoms with Crippen LogP contribution in [-0.4, -0.2) is 84.1 Å². The van der Waals surface area contributed by atoms with Crippen LogP contribution in [0.3, 0.4) is 0 Å². The molecule has 0 saturated heterocycles. The van der Waals surface area contributed by atoms with Gasteiger partial charge in [-0.15, -0.1) is 22.6 Å². The quantitative estimate of drug-likeness (QED) is 0.217. The average Bonchev–Trinajstić information content (AvgIpc) is 3.19. The zero-order chi connectivity index (χ0) is 28.7. The van der Waals surface area contributed by atoms with E-state index in [0.717, 1.165) is 11.1 Å². The number of aromatic nitrogens is 4. The number of hydrogen-bond acceptors (Lipinski definition) is 10. The topological polar surface area (TPSA) is 142 Å². The summed E-state index contributed by atoms with van der Waals surface area (Å²) in [6, 6.07) is 5.15. The van der Waals surface area contributed by atoms with E-state index in [1.165, 1.54) is 9.20 Å². The lowest BCUT2D eigenvalue weighted by atomic mass is 9.84. The van der Waals surface area contributed by atoms with Gasteiger partial charge in [0.05, 0.1) is 26.9 Å². The summed E-state index contributed by atoms with van der Waals surface area (Å²) in [7, 11) is 4.70. The van der Waals surface area contributed by atoms with E-state index in [9.17, 15) is 4.79 Å². The zero-order valence-corrected chi connectivity index (χ0v) is 25.0. The number of nitrogens with one attached hydrogen (secondary N) is 1. The number of carbonyl (C=O) groups is 1. The third kappa shape index (κ3) is 7.72. The van der Waals surface area contributed by atoms with Crippen LogP contribution in [0.2, 0.25) is 0 Å². The van der Waals surface area contributed by atoms with Crippen LogP contribution in [0.15, 0.2) is 18.2 Å². The number of benzene rings is 1. The SMILES string of the molecule is COCC(COC)Oc1cc(C)c2nn(CC(=O)c3cc(OCCCO)c(OC)c(C(C)(C)C)c3)c(=N)n2n1.Cl. The van der Waals surface area contributed by atoms with Gasteiger partial charge in [-0.1, -0.05) is 20.8 Å². The summed E-state index contributed by atoms with van der Waals surface area (Å²) in [4.78, 5) is 13.5. The third-order valence-electron chi connectivity index (χ3n) is 5.99. The molecule has 3 rings (SSSR count). The van der Waals surface area contributed by atoms with Crippen molar-refractivity contribution in [2.24, 2.45) is 0 Å². The molecule has 0 amide bonds. The first-order chi connectivity index (χ1) is 18.5. The predicted octanol–water partition coefficient (Wildman–Crippen LogP) is 2.73. The summed E-state index contributed by atoms with van der Waals surface area (Å²) in [6.45, 7) is 8.60. The maximum atomic E-state index is 13.5. The number of Topliss-reactive ketones (excluding diaryl/α,β-unsaturated/α-hetero) is 1. The molecule has 0 bridgehead atoms. The van der Waals surface area contributed by atoms with Crippen LogP contribution in [0.4, 0.5) is 0 Å². The summed E-state index contributed by atoms with van der Waals surface area (Å²) >= 11 is 0. The number of hydrogen-bond donors (Lipinski definition) is 2. The van der Waals surface area contributed by atoms with Gasteiger partial charge >= 0.3 is 0 Å². The number of carbonyl (C=O) groups excluding carboxylic acids is 1. The van der Waals surface area contributed by atoms with Crippen molar-refractivity contribution < 1.29 is 33.6 Å². The lowest BCUT2D eigenvalue weighted by Crippen LogP contribution is -2.29. The average molecular weight is 582 g/mol. The monoisotopic (exact) mass is 581 g/mol. The van der Waals surface area contributed by atoms with Crippen molar-refractivity contribution in [3.05, 3.63) is 40.5 Å². The van der Waals surface area contributed by atoms with Gasteiger partial charge in [-0.05, 0) is 24.5 Å². The number of methoxy groups -OCH3 is 3. The van der Waals surface area contributed by atoms with Crippen LogP contribution in [-0.2, 0) is 21.4 Å². The van der Waals surface area contributed by atoms with Crippen LogP contribution in [0, 0.1) is 12.3 Å². The van der Waals surface area contributed by atoms with E-state index < -0.39 is 0 Å². The number of nitrogens with zero attached hydrogens (tertiary/aromatic N) is 4. The first kappa shape index (κ1) is 33.0. The second kappa shape index (κ2) is 14.4. The highest BCUT2D eigenvalue weighted by molar-refractivity contribution is 5.97. The molecule has 13 heteroatoms. The number of ether oxygens (including phenoxy) is 5. The van der Waals surface area contributed by atoms with Crippen molar-refractivity contribution >= 4 is 23.8 Å². The normalized spacial score (nSPS) is 11.5. The van der Waals surface area contributed by atoms with Crippen LogP contribution >= 0.6 is 12.4 Å². The second-order valence-corrected chi connectivity index (χ2v) is 10.2. The molecule has 0 spiro atoms. The van der Waals surface area contributed by atoms with Gasteiger partial charge in [0.15, 0.2) is 22.9 Å². The van der Waals surface area contributed by atoms with Gasteiger partial charge in [0, 0.05) is 50.0 Å². The Morgan fingerprint density at radius 3 is 2.35 bits per heavy atom. The van der Waals surface area contributed by atoms with Gasteiger partial charge in [0.2, 0.25) is 11.5 Å². The minimum absolute atomic E-state index is 0. The van der Waals surface area contributed by atoms with Crippen molar-refractivity contribution in [1.29, 1.82) is 5.41 Å². The minimum atomic E-state index is -0.378. The molecule has 0 radical (unpaired) electrons. The molecule has 0 aliphatic heterocycles. The Labute approximate surface area is 240 Å². The number of aliphatic hydroxyl groups excluding tert-OH is 1. The lowest BCUT2D eigenvalue weighted by molar-refractivity contribution is 0.0214. The summed E-state index contributed by atoms with van der Waals surface area (Å²) in [5.74, 6) is 1.00. The molecule has 0 aliphatic carbocycles. The van der Waals surface area contributed by atoms with Gasteiger partial charge in [-0.2, -0.15) is 4.52 Å². The first-order valence-corrected chi connectivity index (χ1v) is 12.7. The highest BCUT2D eigenvalue weighted by Crippen LogP contribution is 2.40. The van der Waals surface area contributed by atoms with E-state index >= 15 is 0 Å². The van der Waals surface area contributed by atoms with Crippen LogP contribution < -0.4 is 19.8 Å². The fourth-order valence-electron chi connectivity index (χ4n) is 4.07. The fourth-order valence-corrected chi connectivity index (χ4v) is 4.07. The lowest BCUT2D eigenvalue weighted by Gasteiger charge is -2.25. The van der Waals surface area contributed by atoms with E-state index in [4.69, 9.17) is 34.2 Å². The van der Waals surface area contributed by atoms with Gasteiger partial charge in [0.1, 0.15) is 12.6 Å². The molecular weight excluding hydrogens is 542 g/mol. The maximum absolute atomic E-state index is 13.5. The van der Waals surface area contributed by atoms with Gasteiger partial charge in [0.25, 0.3) is 0 Å². The molecule has 2 heterocycles. The van der Waals surface area contributed by atoms with Crippen LogP contribution in [0.25, 0.3) is 5.65 Å². The molecule has 0 aliphatic rings. The van der Waals surface area contributed by atoms with E-state index in [0.29, 0.717) is 42.3 Å². The van der Waals surface area contributed by atoms with Crippen molar-refractivity contribution in [2.75, 3.05) is 47.8 Å². The molecule has 12 nitrogen and oxygen atoms in total. The molecule has 3 aromatic rings. The van der Waals surface area contributed by atoms with Crippen LogP contribution in [0.5, 0.6) is 17.4 Å². The Hall–Kier alpha value is -3.19. The number of rotatable bonds is 14.